The van der Waals surface area contributed by atoms with Gasteiger partial charge in [-0.25, -0.2) is 4.39 Å². The smallest absolute Gasteiger partial charge is 0.163 e. The number of ether oxygens (including phenoxy) is 1. The lowest BCUT2D eigenvalue weighted by Gasteiger charge is -2.11. The molecule has 0 aliphatic heterocycles. The van der Waals surface area contributed by atoms with E-state index in [1.54, 1.807) is 6.92 Å². The Hall–Kier alpha value is -1.29. The average Bonchev–Trinajstić information content (AvgIpc) is 2.08. The summed E-state index contributed by atoms with van der Waals surface area (Å²) in [4.78, 5) is 0. The Morgan fingerprint density at radius 2 is 2.15 bits per heavy atom. The van der Waals surface area contributed by atoms with Crippen molar-refractivity contribution in [2.24, 2.45) is 5.73 Å². The summed E-state index contributed by atoms with van der Waals surface area (Å²) in [6.45, 7) is 1.66. The molecule has 3 N–H and O–H groups in total. The molecule has 3 nitrogen and oxygen atoms in total. The number of hydrogen-bond donors (Lipinski definition) is 2. The van der Waals surface area contributed by atoms with Gasteiger partial charge in [0, 0.05) is 17.7 Å². The molecule has 0 aliphatic rings. The van der Waals surface area contributed by atoms with Crippen molar-refractivity contribution in [3.63, 3.8) is 0 Å². The van der Waals surface area contributed by atoms with Crippen LogP contribution in [0.2, 0.25) is 0 Å². The van der Waals surface area contributed by atoms with E-state index in [9.17, 15) is 9.50 Å². The molecule has 72 valence electrons. The highest BCUT2D eigenvalue weighted by Gasteiger charge is 2.13. The topological polar surface area (TPSA) is 55.5 Å². The van der Waals surface area contributed by atoms with Gasteiger partial charge in [0.05, 0.1) is 7.11 Å². The zero-order valence-corrected chi connectivity index (χ0v) is 7.54. The van der Waals surface area contributed by atoms with Gasteiger partial charge in [-0.05, 0) is 13.0 Å². The summed E-state index contributed by atoms with van der Waals surface area (Å²) in [6, 6.07) is 1.88. The maximum Gasteiger partial charge on any atom is 0.163 e. The predicted molar refractivity (Wildman–Crippen MR) is 47.2 cm³/mol. The first-order chi connectivity index (χ1) is 6.06. The van der Waals surface area contributed by atoms with E-state index in [1.165, 1.54) is 13.2 Å². The number of phenols is 1. The highest BCUT2D eigenvalue weighted by Crippen LogP contribution is 2.33. The second-order valence-corrected chi connectivity index (χ2v) is 2.83. The van der Waals surface area contributed by atoms with Crippen LogP contribution in [0.15, 0.2) is 12.1 Å². The molecule has 0 bridgehead atoms. The number of benzene rings is 1. The van der Waals surface area contributed by atoms with Crippen molar-refractivity contribution < 1.29 is 14.2 Å². The van der Waals surface area contributed by atoms with Gasteiger partial charge in [-0.1, -0.05) is 0 Å². The van der Waals surface area contributed by atoms with E-state index >= 15 is 0 Å². The minimum atomic E-state index is -0.470. The number of phenolic OH excluding ortho intramolecular Hbond substituents is 1. The molecule has 4 heteroatoms. The highest BCUT2D eigenvalue weighted by molar-refractivity contribution is 5.47. The molecular formula is C9H12FNO2. The van der Waals surface area contributed by atoms with Crippen LogP contribution in [0.4, 0.5) is 4.39 Å². The normalized spacial score (nSPS) is 12.6. The van der Waals surface area contributed by atoms with E-state index in [4.69, 9.17) is 10.5 Å². The molecule has 0 aromatic heterocycles. The minimum absolute atomic E-state index is 0.0982. The quantitative estimate of drug-likeness (QED) is 0.735. The van der Waals surface area contributed by atoms with E-state index < -0.39 is 11.9 Å². The Balaban J connectivity index is 3.27. The minimum Gasteiger partial charge on any atom is -0.504 e. The lowest BCUT2D eigenvalue weighted by molar-refractivity contribution is 0.365. The largest absolute Gasteiger partial charge is 0.504 e. The summed E-state index contributed by atoms with van der Waals surface area (Å²) < 4.78 is 17.7. The van der Waals surface area contributed by atoms with Crippen molar-refractivity contribution in [2.75, 3.05) is 7.11 Å². The Bertz CT molecular complexity index is 313. The van der Waals surface area contributed by atoms with Crippen molar-refractivity contribution in [3.05, 3.63) is 23.5 Å². The van der Waals surface area contributed by atoms with Crippen LogP contribution < -0.4 is 10.5 Å². The van der Waals surface area contributed by atoms with Crippen molar-refractivity contribution in [3.8, 4) is 11.5 Å². The molecule has 0 radical (unpaired) electrons. The maximum atomic E-state index is 12.9. The van der Waals surface area contributed by atoms with Gasteiger partial charge < -0.3 is 15.6 Å². The second kappa shape index (κ2) is 3.62. The van der Waals surface area contributed by atoms with Crippen LogP contribution in [-0.4, -0.2) is 12.2 Å². The number of rotatable bonds is 2. The third-order valence-electron chi connectivity index (χ3n) is 1.78. The fourth-order valence-electron chi connectivity index (χ4n) is 1.10. The molecule has 0 spiro atoms. The molecule has 0 aliphatic carbocycles. The Morgan fingerprint density at radius 3 is 2.62 bits per heavy atom. The van der Waals surface area contributed by atoms with E-state index in [0.717, 1.165) is 6.07 Å². The highest BCUT2D eigenvalue weighted by atomic mass is 19.1. The summed E-state index contributed by atoms with van der Waals surface area (Å²) in [6.07, 6.45) is 0. The van der Waals surface area contributed by atoms with Crippen LogP contribution in [0, 0.1) is 5.82 Å². The van der Waals surface area contributed by atoms with E-state index in [1.807, 2.05) is 0 Å². The summed E-state index contributed by atoms with van der Waals surface area (Å²) in [5, 5.41) is 9.51. The molecule has 1 aromatic rings. The van der Waals surface area contributed by atoms with Crippen molar-refractivity contribution in [2.45, 2.75) is 13.0 Å². The second-order valence-electron chi connectivity index (χ2n) is 2.83. The average molecular weight is 185 g/mol. The monoisotopic (exact) mass is 185 g/mol. The van der Waals surface area contributed by atoms with E-state index in [0.29, 0.717) is 5.56 Å². The third-order valence-corrected chi connectivity index (χ3v) is 1.78. The molecular weight excluding hydrogens is 173 g/mol. The fourth-order valence-corrected chi connectivity index (χ4v) is 1.10. The van der Waals surface area contributed by atoms with Crippen LogP contribution in [-0.2, 0) is 0 Å². The van der Waals surface area contributed by atoms with E-state index in [2.05, 4.69) is 0 Å². The lowest BCUT2D eigenvalue weighted by Crippen LogP contribution is -2.06. The third kappa shape index (κ3) is 1.89. The van der Waals surface area contributed by atoms with Crippen LogP contribution in [0.5, 0.6) is 11.5 Å². The predicted octanol–water partition coefficient (Wildman–Crippen LogP) is 1.56. The molecule has 1 atom stereocenters. The van der Waals surface area contributed by atoms with Gasteiger partial charge in [-0.3, -0.25) is 0 Å². The summed E-state index contributed by atoms with van der Waals surface area (Å²) in [7, 11) is 1.36. The maximum absolute atomic E-state index is 12.9. The molecule has 0 unspecified atom stereocenters. The lowest BCUT2D eigenvalue weighted by atomic mass is 10.1. The molecule has 13 heavy (non-hydrogen) atoms. The Kier molecular flexibility index (Phi) is 2.72. The van der Waals surface area contributed by atoms with Gasteiger partial charge in [-0.2, -0.15) is 0 Å². The van der Waals surface area contributed by atoms with Crippen LogP contribution >= 0.6 is 0 Å². The standard InChI is InChI=1S/C9H12FNO2/c1-5(11)7-3-6(10)4-8(13-2)9(7)12/h3-5,12H,11H2,1-2H3/t5-/m1/s1. The number of halogens is 1. The van der Waals surface area contributed by atoms with Gasteiger partial charge in [0.1, 0.15) is 5.82 Å². The van der Waals surface area contributed by atoms with Gasteiger partial charge in [0.2, 0.25) is 0 Å². The summed E-state index contributed by atoms with van der Waals surface area (Å²) in [5.74, 6) is -0.465. The van der Waals surface area contributed by atoms with Gasteiger partial charge >= 0.3 is 0 Å². The zero-order chi connectivity index (χ0) is 10.0. The first kappa shape index (κ1) is 9.80. The summed E-state index contributed by atoms with van der Waals surface area (Å²) in [5.41, 5.74) is 5.87. The van der Waals surface area contributed by atoms with Crippen LogP contribution in [0.1, 0.15) is 18.5 Å². The molecule has 0 amide bonds. The number of methoxy groups -OCH3 is 1. The Labute approximate surface area is 75.9 Å². The van der Waals surface area contributed by atoms with Gasteiger partial charge in [-0.15, -0.1) is 0 Å². The van der Waals surface area contributed by atoms with E-state index in [-0.39, 0.29) is 11.5 Å². The molecule has 0 heterocycles. The molecule has 1 rings (SSSR count). The zero-order valence-electron chi connectivity index (χ0n) is 7.54. The molecule has 1 aromatic carbocycles. The van der Waals surface area contributed by atoms with Crippen molar-refractivity contribution in [1.29, 1.82) is 0 Å². The number of hydrogen-bond acceptors (Lipinski definition) is 3. The first-order valence-corrected chi connectivity index (χ1v) is 3.88. The van der Waals surface area contributed by atoms with Crippen LogP contribution in [0.3, 0.4) is 0 Å². The molecule has 0 saturated carbocycles. The molecule has 0 fully saturated rings. The van der Waals surface area contributed by atoms with Crippen molar-refractivity contribution >= 4 is 0 Å². The number of nitrogens with two attached hydrogens (primary N) is 1. The first-order valence-electron chi connectivity index (χ1n) is 3.88. The SMILES string of the molecule is COc1cc(F)cc([C@@H](C)N)c1O. The van der Waals surface area contributed by atoms with Crippen LogP contribution in [0.25, 0.3) is 0 Å². The molecule has 0 saturated heterocycles. The Morgan fingerprint density at radius 1 is 1.54 bits per heavy atom. The van der Waals surface area contributed by atoms with Gasteiger partial charge in [0.15, 0.2) is 11.5 Å². The van der Waals surface area contributed by atoms with Gasteiger partial charge in [0.25, 0.3) is 0 Å². The fraction of sp³-hybridized carbons (Fsp3) is 0.333. The van der Waals surface area contributed by atoms with Crippen molar-refractivity contribution in [1.82, 2.24) is 0 Å². The summed E-state index contributed by atoms with van der Waals surface area (Å²) >= 11 is 0. The number of aromatic hydroxyl groups is 1.